The van der Waals surface area contributed by atoms with Gasteiger partial charge in [-0.25, -0.2) is 0 Å². The van der Waals surface area contributed by atoms with Gasteiger partial charge < -0.3 is 10.6 Å². The monoisotopic (exact) mass is 260 g/mol. The van der Waals surface area contributed by atoms with Gasteiger partial charge in [-0.1, -0.05) is 24.3 Å². The van der Waals surface area contributed by atoms with Gasteiger partial charge in [-0.3, -0.25) is 0 Å². The van der Waals surface area contributed by atoms with Crippen molar-refractivity contribution in [2.45, 2.75) is 52.1 Å². The summed E-state index contributed by atoms with van der Waals surface area (Å²) in [6, 6.07) is 9.29. The molecule has 1 aromatic rings. The minimum atomic E-state index is 0.168. The molecule has 106 valence electrons. The van der Waals surface area contributed by atoms with E-state index in [2.05, 4.69) is 49.9 Å². The highest BCUT2D eigenvalue weighted by Gasteiger charge is 2.25. The molecule has 1 aromatic carbocycles. The number of aryl methyl sites for hydroxylation is 1. The standard InChI is InChI=1S/C17H28N2/c1-13(2)19(12-15-8-9-15)11-10-17(18)16-7-5-4-6-14(16)3/h4-7,13,15,17H,8-12,18H2,1-3H3. The van der Waals surface area contributed by atoms with Gasteiger partial charge in [0.15, 0.2) is 0 Å². The molecule has 1 aliphatic carbocycles. The largest absolute Gasteiger partial charge is 0.324 e. The first-order valence-corrected chi connectivity index (χ1v) is 7.63. The summed E-state index contributed by atoms with van der Waals surface area (Å²) in [6.45, 7) is 9.12. The normalized spacial score (nSPS) is 17.2. The van der Waals surface area contributed by atoms with Crippen LogP contribution < -0.4 is 5.73 Å². The van der Waals surface area contributed by atoms with Gasteiger partial charge in [0.1, 0.15) is 0 Å². The molecule has 2 rings (SSSR count). The van der Waals surface area contributed by atoms with Crippen LogP contribution in [-0.2, 0) is 0 Å². The van der Waals surface area contributed by atoms with Gasteiger partial charge >= 0.3 is 0 Å². The number of nitrogens with zero attached hydrogens (tertiary/aromatic N) is 1. The quantitative estimate of drug-likeness (QED) is 0.813. The maximum atomic E-state index is 6.36. The van der Waals surface area contributed by atoms with E-state index in [-0.39, 0.29) is 6.04 Å². The molecule has 1 aliphatic rings. The summed E-state index contributed by atoms with van der Waals surface area (Å²) in [5.74, 6) is 0.956. The fraction of sp³-hybridized carbons (Fsp3) is 0.647. The molecule has 1 fully saturated rings. The third-order valence-electron chi connectivity index (χ3n) is 4.24. The molecule has 0 aromatic heterocycles. The maximum Gasteiger partial charge on any atom is 0.0309 e. The van der Waals surface area contributed by atoms with Crippen LogP contribution in [0.2, 0.25) is 0 Å². The highest BCUT2D eigenvalue weighted by molar-refractivity contribution is 5.28. The Hall–Kier alpha value is -0.860. The summed E-state index contributed by atoms with van der Waals surface area (Å²) >= 11 is 0. The predicted octanol–water partition coefficient (Wildman–Crippen LogP) is 3.51. The summed E-state index contributed by atoms with van der Waals surface area (Å²) < 4.78 is 0. The van der Waals surface area contributed by atoms with E-state index in [0.29, 0.717) is 6.04 Å². The third kappa shape index (κ3) is 4.32. The van der Waals surface area contributed by atoms with E-state index >= 15 is 0 Å². The third-order valence-corrected chi connectivity index (χ3v) is 4.24. The molecule has 0 bridgehead atoms. The Morgan fingerprint density at radius 3 is 2.53 bits per heavy atom. The fourth-order valence-electron chi connectivity index (χ4n) is 2.66. The van der Waals surface area contributed by atoms with Crippen LogP contribution in [0.25, 0.3) is 0 Å². The molecule has 0 radical (unpaired) electrons. The lowest BCUT2D eigenvalue weighted by Gasteiger charge is -2.28. The topological polar surface area (TPSA) is 29.3 Å². The van der Waals surface area contributed by atoms with Crippen molar-refractivity contribution in [1.29, 1.82) is 0 Å². The number of benzene rings is 1. The van der Waals surface area contributed by atoms with Crippen LogP contribution in [0.15, 0.2) is 24.3 Å². The molecular weight excluding hydrogens is 232 g/mol. The zero-order valence-electron chi connectivity index (χ0n) is 12.6. The molecule has 0 spiro atoms. The SMILES string of the molecule is Cc1ccccc1C(N)CCN(CC1CC1)C(C)C. The first-order chi connectivity index (χ1) is 9.08. The average Bonchev–Trinajstić information content (AvgIpc) is 3.18. The van der Waals surface area contributed by atoms with E-state index in [9.17, 15) is 0 Å². The van der Waals surface area contributed by atoms with Gasteiger partial charge in [-0.2, -0.15) is 0 Å². The highest BCUT2D eigenvalue weighted by atomic mass is 15.1. The van der Waals surface area contributed by atoms with Crippen molar-refractivity contribution < 1.29 is 0 Å². The predicted molar refractivity (Wildman–Crippen MR) is 82.2 cm³/mol. The smallest absolute Gasteiger partial charge is 0.0309 e. The minimum Gasteiger partial charge on any atom is -0.324 e. The zero-order chi connectivity index (χ0) is 13.8. The lowest BCUT2D eigenvalue weighted by Crippen LogP contribution is -2.35. The lowest BCUT2D eigenvalue weighted by atomic mass is 9.99. The number of hydrogen-bond acceptors (Lipinski definition) is 2. The highest BCUT2D eigenvalue weighted by Crippen LogP contribution is 2.30. The zero-order valence-corrected chi connectivity index (χ0v) is 12.6. The van der Waals surface area contributed by atoms with Crippen LogP contribution in [0.4, 0.5) is 0 Å². The van der Waals surface area contributed by atoms with Crippen molar-refractivity contribution in [3.63, 3.8) is 0 Å². The van der Waals surface area contributed by atoms with Crippen LogP contribution in [0.1, 0.15) is 50.3 Å². The molecule has 0 heterocycles. The Balaban J connectivity index is 1.87. The second kappa shape index (κ2) is 6.53. The number of nitrogens with two attached hydrogens (primary N) is 1. The molecule has 0 aliphatic heterocycles. The van der Waals surface area contributed by atoms with Crippen molar-refractivity contribution in [2.24, 2.45) is 11.7 Å². The van der Waals surface area contributed by atoms with Gasteiger partial charge in [-0.15, -0.1) is 0 Å². The van der Waals surface area contributed by atoms with Gasteiger partial charge in [0.05, 0.1) is 0 Å². The summed E-state index contributed by atoms with van der Waals surface area (Å²) in [7, 11) is 0. The fourth-order valence-corrected chi connectivity index (χ4v) is 2.66. The van der Waals surface area contributed by atoms with E-state index in [1.807, 2.05) is 0 Å². The Labute approximate surface area is 118 Å². The van der Waals surface area contributed by atoms with E-state index < -0.39 is 0 Å². The Morgan fingerprint density at radius 1 is 1.26 bits per heavy atom. The first-order valence-electron chi connectivity index (χ1n) is 7.63. The number of rotatable bonds is 7. The molecule has 2 N–H and O–H groups in total. The van der Waals surface area contributed by atoms with E-state index in [0.717, 1.165) is 18.9 Å². The Bertz CT molecular complexity index is 396. The average molecular weight is 260 g/mol. The van der Waals surface area contributed by atoms with Gasteiger partial charge in [0.25, 0.3) is 0 Å². The number of hydrogen-bond donors (Lipinski definition) is 1. The van der Waals surface area contributed by atoms with Crippen molar-refractivity contribution in [1.82, 2.24) is 4.90 Å². The molecule has 0 saturated heterocycles. The van der Waals surface area contributed by atoms with Crippen LogP contribution in [-0.4, -0.2) is 24.0 Å². The van der Waals surface area contributed by atoms with Crippen LogP contribution in [0, 0.1) is 12.8 Å². The summed E-state index contributed by atoms with van der Waals surface area (Å²) in [5.41, 5.74) is 8.98. The van der Waals surface area contributed by atoms with Crippen LogP contribution in [0.3, 0.4) is 0 Å². The van der Waals surface area contributed by atoms with Crippen LogP contribution in [0.5, 0.6) is 0 Å². The van der Waals surface area contributed by atoms with Crippen molar-refractivity contribution in [2.75, 3.05) is 13.1 Å². The van der Waals surface area contributed by atoms with Gasteiger partial charge in [0, 0.05) is 25.2 Å². The molecule has 1 unspecified atom stereocenters. The van der Waals surface area contributed by atoms with Gasteiger partial charge in [-0.05, 0) is 57.1 Å². The van der Waals surface area contributed by atoms with E-state index in [1.54, 1.807) is 0 Å². The molecule has 2 heteroatoms. The Morgan fingerprint density at radius 2 is 1.95 bits per heavy atom. The van der Waals surface area contributed by atoms with E-state index in [1.165, 1.54) is 30.5 Å². The van der Waals surface area contributed by atoms with Crippen molar-refractivity contribution >= 4 is 0 Å². The lowest BCUT2D eigenvalue weighted by molar-refractivity contribution is 0.205. The molecule has 1 saturated carbocycles. The summed E-state index contributed by atoms with van der Waals surface area (Å²) in [4.78, 5) is 2.59. The molecular formula is C17H28N2. The second-order valence-corrected chi connectivity index (χ2v) is 6.28. The molecule has 2 nitrogen and oxygen atoms in total. The van der Waals surface area contributed by atoms with Crippen molar-refractivity contribution in [3.05, 3.63) is 35.4 Å². The molecule has 19 heavy (non-hydrogen) atoms. The molecule has 0 amide bonds. The van der Waals surface area contributed by atoms with E-state index in [4.69, 9.17) is 5.73 Å². The second-order valence-electron chi connectivity index (χ2n) is 6.28. The summed E-state index contributed by atoms with van der Waals surface area (Å²) in [6.07, 6.45) is 3.90. The van der Waals surface area contributed by atoms with Crippen LogP contribution >= 0.6 is 0 Å². The van der Waals surface area contributed by atoms with Crippen molar-refractivity contribution in [3.8, 4) is 0 Å². The Kier molecular flexibility index (Phi) is 5.00. The first kappa shape index (κ1) is 14.5. The van der Waals surface area contributed by atoms with Gasteiger partial charge in [0.2, 0.25) is 0 Å². The summed E-state index contributed by atoms with van der Waals surface area (Å²) in [5, 5.41) is 0. The minimum absolute atomic E-state index is 0.168. The maximum absolute atomic E-state index is 6.36. The molecule has 1 atom stereocenters.